The van der Waals surface area contributed by atoms with Crippen molar-refractivity contribution < 1.29 is 0 Å². The van der Waals surface area contributed by atoms with E-state index in [1.807, 2.05) is 11.4 Å². The number of thiophene rings is 1. The molecular weight excluding hydrogens is 261 g/mol. The quantitative estimate of drug-likeness (QED) is 0.261. The molecule has 5 heteroatoms. The molecule has 0 saturated heterocycles. The molecule has 1 aromatic rings. The van der Waals surface area contributed by atoms with Crippen LogP contribution in [0.25, 0.3) is 0 Å². The van der Waals surface area contributed by atoms with Gasteiger partial charge in [0.15, 0.2) is 5.84 Å². The van der Waals surface area contributed by atoms with Crippen molar-refractivity contribution in [2.45, 2.75) is 0 Å². The van der Waals surface area contributed by atoms with Gasteiger partial charge in [-0.25, -0.2) is 0 Å². The van der Waals surface area contributed by atoms with Crippen molar-refractivity contribution in [3.8, 4) is 0 Å². The Labute approximate surface area is 76.2 Å². The van der Waals surface area contributed by atoms with Gasteiger partial charge in [-0.05, 0) is 28.7 Å². The molecule has 10 heavy (non-hydrogen) atoms. The number of nitrogens with two attached hydrogens (primary N) is 2. The highest BCUT2D eigenvalue weighted by Gasteiger charge is 1.99. The van der Waals surface area contributed by atoms with Crippen LogP contribution in [-0.4, -0.2) is 5.84 Å². The third-order valence-electron chi connectivity index (χ3n) is 1.00. The van der Waals surface area contributed by atoms with Gasteiger partial charge in [0.1, 0.15) is 0 Å². The zero-order chi connectivity index (χ0) is 7.56. The lowest BCUT2D eigenvalue weighted by atomic mass is 10.3. The maximum absolute atomic E-state index is 5.44. The van der Waals surface area contributed by atoms with Gasteiger partial charge in [0.2, 0.25) is 0 Å². The number of halogens is 1. The molecule has 0 saturated carbocycles. The molecule has 4 N–H and O–H groups in total. The summed E-state index contributed by atoms with van der Waals surface area (Å²) in [7, 11) is 0. The standard InChI is InChI=1S/C5H6IN3S/c6-4-1-3(2-10-4)5(7)9-8/h1-2H,8H2,(H2,7,9). The molecule has 0 unspecified atom stereocenters. The van der Waals surface area contributed by atoms with E-state index in [0.717, 1.165) is 5.56 Å². The average molecular weight is 267 g/mol. The normalized spacial score (nSPS) is 11.9. The number of nitrogens with zero attached hydrogens (tertiary/aromatic N) is 1. The fourth-order valence-electron chi connectivity index (χ4n) is 0.519. The fourth-order valence-corrected chi connectivity index (χ4v) is 1.86. The van der Waals surface area contributed by atoms with Crippen LogP contribution >= 0.6 is 33.9 Å². The third kappa shape index (κ3) is 1.60. The number of amidine groups is 1. The van der Waals surface area contributed by atoms with Crippen molar-refractivity contribution in [2.75, 3.05) is 0 Å². The molecule has 0 aliphatic rings. The molecule has 0 atom stereocenters. The monoisotopic (exact) mass is 267 g/mol. The maximum Gasteiger partial charge on any atom is 0.151 e. The van der Waals surface area contributed by atoms with Gasteiger partial charge in [0, 0.05) is 10.9 Å². The molecule has 0 amide bonds. The molecule has 54 valence electrons. The fraction of sp³-hybridized carbons (Fsp3) is 0. The van der Waals surface area contributed by atoms with Gasteiger partial charge in [-0.15, -0.1) is 11.3 Å². The first-order valence-electron chi connectivity index (χ1n) is 2.52. The Hall–Kier alpha value is -0.300. The van der Waals surface area contributed by atoms with Gasteiger partial charge in [0.25, 0.3) is 0 Å². The molecule has 0 bridgehead atoms. The lowest BCUT2D eigenvalue weighted by molar-refractivity contribution is 1.23. The summed E-state index contributed by atoms with van der Waals surface area (Å²) in [5, 5.41) is 5.29. The van der Waals surface area contributed by atoms with E-state index in [1.165, 1.54) is 2.88 Å². The molecule has 3 nitrogen and oxygen atoms in total. The zero-order valence-electron chi connectivity index (χ0n) is 5.04. The van der Waals surface area contributed by atoms with E-state index < -0.39 is 0 Å². The van der Waals surface area contributed by atoms with Crippen molar-refractivity contribution in [1.29, 1.82) is 0 Å². The Kier molecular flexibility index (Phi) is 2.50. The minimum absolute atomic E-state index is 0.388. The number of hydrogen-bond donors (Lipinski definition) is 2. The highest BCUT2D eigenvalue weighted by Crippen LogP contribution is 2.15. The third-order valence-corrected chi connectivity index (χ3v) is 2.79. The molecule has 1 aromatic heterocycles. The second-order valence-electron chi connectivity index (χ2n) is 1.65. The van der Waals surface area contributed by atoms with Crippen molar-refractivity contribution in [2.24, 2.45) is 16.7 Å². The van der Waals surface area contributed by atoms with Gasteiger partial charge in [-0.1, -0.05) is 0 Å². The van der Waals surface area contributed by atoms with E-state index >= 15 is 0 Å². The summed E-state index contributed by atoms with van der Waals surface area (Å²) in [5.41, 5.74) is 6.34. The summed E-state index contributed by atoms with van der Waals surface area (Å²) in [6.07, 6.45) is 0. The largest absolute Gasteiger partial charge is 0.382 e. The topological polar surface area (TPSA) is 64.4 Å². The summed E-state index contributed by atoms with van der Waals surface area (Å²) in [4.78, 5) is 0. The van der Waals surface area contributed by atoms with Crippen LogP contribution in [0.3, 0.4) is 0 Å². The minimum Gasteiger partial charge on any atom is -0.382 e. The van der Waals surface area contributed by atoms with Gasteiger partial charge in [0.05, 0.1) is 2.88 Å². The Bertz CT molecular complexity index is 255. The summed E-state index contributed by atoms with van der Waals surface area (Å²) >= 11 is 3.84. The van der Waals surface area contributed by atoms with Gasteiger partial charge >= 0.3 is 0 Å². The molecule has 1 rings (SSSR count). The molecule has 1 heterocycles. The summed E-state index contributed by atoms with van der Waals surface area (Å²) in [5.74, 6) is 5.37. The molecule has 0 aromatic carbocycles. The first-order valence-corrected chi connectivity index (χ1v) is 4.47. The molecular formula is C5H6IN3S. The second-order valence-corrected chi connectivity index (χ2v) is 4.46. The Morgan fingerprint density at radius 2 is 2.40 bits per heavy atom. The van der Waals surface area contributed by atoms with Gasteiger partial charge in [-0.2, -0.15) is 5.10 Å². The summed E-state index contributed by atoms with van der Waals surface area (Å²) in [6, 6.07) is 1.94. The lowest BCUT2D eigenvalue weighted by Crippen LogP contribution is -2.14. The van der Waals surface area contributed by atoms with Crippen LogP contribution in [0.15, 0.2) is 16.5 Å². The van der Waals surface area contributed by atoms with Crippen molar-refractivity contribution in [3.05, 3.63) is 19.9 Å². The van der Waals surface area contributed by atoms with Crippen molar-refractivity contribution >= 4 is 39.8 Å². The first kappa shape index (κ1) is 7.80. The van der Waals surface area contributed by atoms with Crippen molar-refractivity contribution in [1.82, 2.24) is 0 Å². The first-order chi connectivity index (χ1) is 4.74. The van der Waals surface area contributed by atoms with Crippen molar-refractivity contribution in [3.63, 3.8) is 0 Å². The van der Waals surface area contributed by atoms with Crippen LogP contribution in [0, 0.1) is 2.88 Å². The summed E-state index contributed by atoms with van der Waals surface area (Å²) in [6.45, 7) is 0. The van der Waals surface area contributed by atoms with E-state index in [9.17, 15) is 0 Å². The minimum atomic E-state index is 0.388. The van der Waals surface area contributed by atoms with Gasteiger partial charge in [-0.3, -0.25) is 0 Å². The van der Waals surface area contributed by atoms with E-state index in [4.69, 9.17) is 11.6 Å². The highest BCUT2D eigenvalue weighted by molar-refractivity contribution is 14.1. The Balaban J connectivity index is 2.95. The van der Waals surface area contributed by atoms with E-state index in [2.05, 4.69) is 27.7 Å². The Morgan fingerprint density at radius 3 is 2.80 bits per heavy atom. The SMILES string of the molecule is NN=C(N)c1csc(I)c1. The number of hydrazone groups is 1. The van der Waals surface area contributed by atoms with E-state index in [0.29, 0.717) is 5.84 Å². The zero-order valence-corrected chi connectivity index (χ0v) is 8.02. The van der Waals surface area contributed by atoms with Crippen LogP contribution in [0.2, 0.25) is 0 Å². The van der Waals surface area contributed by atoms with Crippen LogP contribution in [-0.2, 0) is 0 Å². The highest BCUT2D eigenvalue weighted by atomic mass is 127. The maximum atomic E-state index is 5.44. The average Bonchev–Trinajstić information content (AvgIpc) is 2.34. The molecule has 0 spiro atoms. The molecule has 0 aliphatic heterocycles. The smallest absolute Gasteiger partial charge is 0.151 e. The predicted octanol–water partition coefficient (Wildman–Crippen LogP) is 0.932. The molecule has 0 aliphatic carbocycles. The molecule has 0 fully saturated rings. The van der Waals surface area contributed by atoms with E-state index in [-0.39, 0.29) is 0 Å². The van der Waals surface area contributed by atoms with Crippen LogP contribution in [0.5, 0.6) is 0 Å². The Morgan fingerprint density at radius 1 is 1.70 bits per heavy atom. The summed E-state index contributed by atoms with van der Waals surface area (Å²) < 4.78 is 1.18. The van der Waals surface area contributed by atoms with Gasteiger partial charge < -0.3 is 11.6 Å². The number of rotatable bonds is 1. The lowest BCUT2D eigenvalue weighted by Gasteiger charge is -1.89. The van der Waals surface area contributed by atoms with Crippen LogP contribution in [0.4, 0.5) is 0 Å². The molecule has 0 radical (unpaired) electrons. The van der Waals surface area contributed by atoms with Crippen LogP contribution in [0.1, 0.15) is 5.56 Å². The number of hydrogen-bond acceptors (Lipinski definition) is 3. The van der Waals surface area contributed by atoms with E-state index in [1.54, 1.807) is 11.3 Å². The van der Waals surface area contributed by atoms with Crippen LogP contribution < -0.4 is 11.6 Å². The predicted molar refractivity (Wildman–Crippen MR) is 51.9 cm³/mol. The second kappa shape index (κ2) is 3.20.